The second kappa shape index (κ2) is 5.57. The summed E-state index contributed by atoms with van der Waals surface area (Å²) in [5.74, 6) is -0.934. The molecule has 1 aromatic rings. The molecule has 0 spiro atoms. The molecular formula is C12H16N4O2. The summed E-state index contributed by atoms with van der Waals surface area (Å²) >= 11 is 0. The summed E-state index contributed by atoms with van der Waals surface area (Å²) in [6, 6.07) is 1.53. The van der Waals surface area contributed by atoms with E-state index in [-0.39, 0.29) is 23.3 Å². The number of nitrogens with one attached hydrogen (secondary N) is 1. The van der Waals surface area contributed by atoms with Gasteiger partial charge in [0.05, 0.1) is 0 Å². The van der Waals surface area contributed by atoms with Crippen LogP contribution < -0.4 is 11.1 Å². The van der Waals surface area contributed by atoms with Crippen LogP contribution in [-0.2, 0) is 0 Å². The highest BCUT2D eigenvalue weighted by Gasteiger charge is 2.18. The molecule has 2 amide bonds. The number of nitrogens with two attached hydrogens (primary N) is 1. The minimum Gasteiger partial charge on any atom is -0.364 e. The Morgan fingerprint density at radius 2 is 1.83 bits per heavy atom. The van der Waals surface area contributed by atoms with E-state index in [0.717, 1.165) is 25.7 Å². The Bertz CT molecular complexity index is 455. The van der Waals surface area contributed by atoms with Gasteiger partial charge < -0.3 is 11.1 Å². The lowest BCUT2D eigenvalue weighted by atomic mass is 9.95. The van der Waals surface area contributed by atoms with Crippen LogP contribution in [0.15, 0.2) is 12.4 Å². The monoisotopic (exact) mass is 248 g/mol. The first-order valence-corrected chi connectivity index (χ1v) is 6.09. The molecule has 1 heterocycles. The van der Waals surface area contributed by atoms with E-state index in [4.69, 9.17) is 5.73 Å². The zero-order chi connectivity index (χ0) is 13.0. The Balaban J connectivity index is 2.03. The third kappa shape index (κ3) is 3.03. The number of carbonyl (C=O) groups is 2. The molecule has 6 heteroatoms. The molecular weight excluding hydrogens is 232 g/mol. The van der Waals surface area contributed by atoms with Gasteiger partial charge in [0.1, 0.15) is 17.7 Å². The van der Waals surface area contributed by atoms with Gasteiger partial charge in [0.2, 0.25) is 0 Å². The predicted octanol–water partition coefficient (Wildman–Crippen LogP) is 0.638. The maximum Gasteiger partial charge on any atom is 0.270 e. The zero-order valence-electron chi connectivity index (χ0n) is 10.1. The van der Waals surface area contributed by atoms with Crippen molar-refractivity contribution in [1.29, 1.82) is 0 Å². The summed E-state index contributed by atoms with van der Waals surface area (Å²) in [6.07, 6.45) is 6.68. The van der Waals surface area contributed by atoms with Crippen molar-refractivity contribution in [3.8, 4) is 0 Å². The Kier molecular flexibility index (Phi) is 3.86. The number of rotatable bonds is 3. The van der Waals surface area contributed by atoms with Crippen LogP contribution in [-0.4, -0.2) is 27.8 Å². The quantitative estimate of drug-likeness (QED) is 0.820. The lowest BCUT2D eigenvalue weighted by Gasteiger charge is -2.22. The van der Waals surface area contributed by atoms with E-state index in [1.165, 1.54) is 18.8 Å². The van der Waals surface area contributed by atoms with Gasteiger partial charge in [-0.25, -0.2) is 9.97 Å². The topological polar surface area (TPSA) is 98.0 Å². The molecule has 0 aromatic carbocycles. The number of amides is 2. The second-order valence-electron chi connectivity index (χ2n) is 4.46. The average molecular weight is 248 g/mol. The summed E-state index contributed by atoms with van der Waals surface area (Å²) in [6.45, 7) is 0. The lowest BCUT2D eigenvalue weighted by Crippen LogP contribution is -2.36. The second-order valence-corrected chi connectivity index (χ2v) is 4.46. The van der Waals surface area contributed by atoms with E-state index < -0.39 is 5.91 Å². The van der Waals surface area contributed by atoms with Crippen LogP contribution >= 0.6 is 0 Å². The summed E-state index contributed by atoms with van der Waals surface area (Å²) in [5, 5.41) is 2.92. The smallest absolute Gasteiger partial charge is 0.270 e. The van der Waals surface area contributed by atoms with Crippen molar-refractivity contribution >= 4 is 11.8 Å². The van der Waals surface area contributed by atoms with Crippen LogP contribution in [0.2, 0.25) is 0 Å². The first-order chi connectivity index (χ1) is 8.66. The molecule has 0 unspecified atom stereocenters. The van der Waals surface area contributed by atoms with E-state index in [1.54, 1.807) is 0 Å². The van der Waals surface area contributed by atoms with Crippen LogP contribution in [0.3, 0.4) is 0 Å². The van der Waals surface area contributed by atoms with Gasteiger partial charge in [-0.1, -0.05) is 19.3 Å². The molecule has 0 bridgehead atoms. The third-order valence-corrected chi connectivity index (χ3v) is 3.09. The van der Waals surface area contributed by atoms with Gasteiger partial charge in [-0.3, -0.25) is 9.59 Å². The van der Waals surface area contributed by atoms with Gasteiger partial charge in [-0.05, 0) is 12.8 Å². The van der Waals surface area contributed by atoms with E-state index in [0.29, 0.717) is 0 Å². The van der Waals surface area contributed by atoms with Crippen LogP contribution in [0.5, 0.6) is 0 Å². The molecule has 6 nitrogen and oxygen atoms in total. The van der Waals surface area contributed by atoms with Gasteiger partial charge in [0.15, 0.2) is 0 Å². The molecule has 2 rings (SSSR count). The highest BCUT2D eigenvalue weighted by molar-refractivity contribution is 5.96. The summed E-state index contributed by atoms with van der Waals surface area (Å²) in [4.78, 5) is 30.5. The molecule has 1 aliphatic rings. The molecule has 1 fully saturated rings. The van der Waals surface area contributed by atoms with Crippen LogP contribution in [0.1, 0.15) is 53.1 Å². The molecule has 1 aliphatic carbocycles. The maximum atomic E-state index is 11.9. The minimum absolute atomic E-state index is 0.0544. The molecule has 0 radical (unpaired) electrons. The third-order valence-electron chi connectivity index (χ3n) is 3.09. The first-order valence-electron chi connectivity index (χ1n) is 6.09. The highest BCUT2D eigenvalue weighted by Crippen LogP contribution is 2.17. The van der Waals surface area contributed by atoms with Crippen LogP contribution in [0.25, 0.3) is 0 Å². The fourth-order valence-electron chi connectivity index (χ4n) is 2.12. The van der Waals surface area contributed by atoms with Crippen molar-refractivity contribution in [1.82, 2.24) is 15.3 Å². The molecule has 1 aromatic heterocycles. The van der Waals surface area contributed by atoms with Crippen molar-refractivity contribution in [2.45, 2.75) is 38.1 Å². The van der Waals surface area contributed by atoms with Crippen molar-refractivity contribution < 1.29 is 9.59 Å². The number of nitrogens with zero attached hydrogens (tertiary/aromatic N) is 2. The van der Waals surface area contributed by atoms with E-state index >= 15 is 0 Å². The Morgan fingerprint density at radius 3 is 2.50 bits per heavy atom. The van der Waals surface area contributed by atoms with Gasteiger partial charge >= 0.3 is 0 Å². The summed E-state index contributed by atoms with van der Waals surface area (Å²) in [5.41, 5.74) is 5.35. The summed E-state index contributed by atoms with van der Waals surface area (Å²) < 4.78 is 0. The number of hydrogen-bond donors (Lipinski definition) is 2. The van der Waals surface area contributed by atoms with Gasteiger partial charge in [-0.15, -0.1) is 0 Å². The molecule has 3 N–H and O–H groups in total. The van der Waals surface area contributed by atoms with E-state index in [9.17, 15) is 9.59 Å². The minimum atomic E-state index is -0.663. The SMILES string of the molecule is NC(=O)c1cc(C(=O)NC2CCCCC2)ncn1. The largest absolute Gasteiger partial charge is 0.364 e. The normalized spacial score (nSPS) is 16.2. The molecule has 0 aliphatic heterocycles. The molecule has 18 heavy (non-hydrogen) atoms. The van der Waals surface area contributed by atoms with Crippen molar-refractivity contribution in [3.05, 3.63) is 23.8 Å². The average Bonchev–Trinajstić information content (AvgIpc) is 2.40. The maximum absolute atomic E-state index is 11.9. The van der Waals surface area contributed by atoms with Crippen LogP contribution in [0, 0.1) is 0 Å². The van der Waals surface area contributed by atoms with Crippen LogP contribution in [0.4, 0.5) is 0 Å². The lowest BCUT2D eigenvalue weighted by molar-refractivity contribution is 0.0922. The highest BCUT2D eigenvalue weighted by atomic mass is 16.2. The number of primary amides is 1. The standard InChI is InChI=1S/C12H16N4O2/c13-11(17)9-6-10(15-7-14-9)12(18)16-8-4-2-1-3-5-8/h6-8H,1-5H2,(H2,13,17)(H,16,18). The fourth-order valence-corrected chi connectivity index (χ4v) is 2.12. The van der Waals surface area contributed by atoms with E-state index in [1.807, 2.05) is 0 Å². The molecule has 0 saturated heterocycles. The van der Waals surface area contributed by atoms with Crippen molar-refractivity contribution in [2.24, 2.45) is 5.73 Å². The fraction of sp³-hybridized carbons (Fsp3) is 0.500. The first kappa shape index (κ1) is 12.5. The van der Waals surface area contributed by atoms with E-state index in [2.05, 4.69) is 15.3 Å². The molecule has 0 atom stereocenters. The Labute approximate surface area is 105 Å². The van der Waals surface area contributed by atoms with Gasteiger partial charge in [0, 0.05) is 12.1 Å². The molecule has 1 saturated carbocycles. The number of hydrogen-bond acceptors (Lipinski definition) is 4. The number of aromatic nitrogens is 2. The van der Waals surface area contributed by atoms with Crippen molar-refractivity contribution in [3.63, 3.8) is 0 Å². The number of carbonyl (C=O) groups excluding carboxylic acids is 2. The molecule has 96 valence electrons. The van der Waals surface area contributed by atoms with Gasteiger partial charge in [0.25, 0.3) is 11.8 Å². The van der Waals surface area contributed by atoms with Gasteiger partial charge in [-0.2, -0.15) is 0 Å². The van der Waals surface area contributed by atoms with Crippen molar-refractivity contribution in [2.75, 3.05) is 0 Å². The zero-order valence-corrected chi connectivity index (χ0v) is 10.1. The Hall–Kier alpha value is -1.98. The summed E-state index contributed by atoms with van der Waals surface area (Å²) in [7, 11) is 0. The Morgan fingerprint density at radius 1 is 1.17 bits per heavy atom. The predicted molar refractivity (Wildman–Crippen MR) is 64.9 cm³/mol.